The van der Waals surface area contributed by atoms with Gasteiger partial charge in [0.15, 0.2) is 0 Å². The Balaban J connectivity index is 1.47. The average Bonchev–Trinajstić information content (AvgIpc) is 3.43. The highest BCUT2D eigenvalue weighted by atomic mass is 35.5. The first kappa shape index (κ1) is 32.2. The molecule has 48 heavy (non-hydrogen) atoms. The van der Waals surface area contributed by atoms with Crippen molar-refractivity contribution >= 4 is 58.0 Å². The molecular weight excluding hydrogens is 632 g/mol. The number of hydroxylamine groups is 1. The lowest BCUT2D eigenvalue weighted by molar-refractivity contribution is -0.138. The zero-order valence-corrected chi connectivity index (χ0v) is 27.0. The number of carbonyl (C=O) groups is 3. The molecule has 0 bridgehead atoms. The number of pyridine rings is 1. The number of amides is 2. The largest absolute Gasteiger partial charge is 0.463 e. The average molecular weight is 663 g/mol. The Bertz CT molecular complexity index is 2120. The van der Waals surface area contributed by atoms with Crippen LogP contribution in [0.2, 0.25) is 5.02 Å². The number of hydrogen-bond donors (Lipinski definition) is 3. The highest BCUT2D eigenvalue weighted by Crippen LogP contribution is 2.44. The molecule has 3 heterocycles. The summed E-state index contributed by atoms with van der Waals surface area (Å²) in [6.45, 7) is 5.50. The molecule has 242 valence electrons. The normalized spacial score (nSPS) is 14.5. The maximum Gasteiger partial charge on any atom is 0.337 e. The van der Waals surface area contributed by atoms with Crippen molar-refractivity contribution in [2.75, 3.05) is 17.0 Å². The van der Waals surface area contributed by atoms with Crippen LogP contribution >= 0.6 is 11.6 Å². The summed E-state index contributed by atoms with van der Waals surface area (Å²) in [5.41, 5.74) is 5.66. The zero-order valence-electron chi connectivity index (χ0n) is 26.3. The zero-order chi connectivity index (χ0) is 33.9. The fourth-order valence-electron chi connectivity index (χ4n) is 5.95. The van der Waals surface area contributed by atoms with E-state index in [9.17, 15) is 19.6 Å². The summed E-state index contributed by atoms with van der Waals surface area (Å²) in [4.78, 5) is 47.9. The number of carbonyl (C=O) groups excluding carboxylic acids is 3. The monoisotopic (exact) mass is 662 g/mol. The van der Waals surface area contributed by atoms with Gasteiger partial charge in [-0.1, -0.05) is 48.0 Å². The van der Waals surface area contributed by atoms with Gasteiger partial charge in [-0.25, -0.2) is 9.78 Å². The van der Waals surface area contributed by atoms with Gasteiger partial charge in [0, 0.05) is 33.9 Å². The number of allylic oxidation sites excluding steroid dienone is 1. The van der Waals surface area contributed by atoms with E-state index in [0.717, 1.165) is 22.5 Å². The molecule has 0 radical (unpaired) electrons. The molecule has 2 aromatic heterocycles. The van der Waals surface area contributed by atoms with Crippen molar-refractivity contribution in [2.24, 2.45) is 0 Å². The third kappa shape index (κ3) is 6.04. The van der Waals surface area contributed by atoms with Crippen LogP contribution < -0.4 is 15.7 Å². The van der Waals surface area contributed by atoms with E-state index in [4.69, 9.17) is 16.3 Å². The van der Waals surface area contributed by atoms with E-state index < -0.39 is 17.8 Å². The van der Waals surface area contributed by atoms with E-state index in [1.807, 2.05) is 41.8 Å². The molecule has 11 nitrogen and oxygen atoms in total. The van der Waals surface area contributed by atoms with Crippen LogP contribution in [0.4, 0.5) is 11.4 Å². The molecule has 5 aromatic rings. The molecule has 0 spiro atoms. The van der Waals surface area contributed by atoms with Crippen LogP contribution in [-0.4, -0.2) is 44.6 Å². The number of anilines is 2. The van der Waals surface area contributed by atoms with Crippen molar-refractivity contribution in [3.05, 3.63) is 130 Å². The van der Waals surface area contributed by atoms with E-state index in [2.05, 4.69) is 20.6 Å². The second-order valence-corrected chi connectivity index (χ2v) is 11.4. The summed E-state index contributed by atoms with van der Waals surface area (Å²) in [5, 5.41) is 16.8. The molecule has 0 fully saturated rings. The number of fused-ring (bicyclic) bond motifs is 1. The molecule has 0 aliphatic carbocycles. The van der Waals surface area contributed by atoms with Crippen molar-refractivity contribution < 1.29 is 24.3 Å². The minimum absolute atomic E-state index is 0.108. The molecule has 1 aliphatic rings. The summed E-state index contributed by atoms with van der Waals surface area (Å²) in [6.07, 6.45) is 3.68. The number of aryl methyl sites for hydroxylation is 1. The van der Waals surface area contributed by atoms with Crippen molar-refractivity contribution in [2.45, 2.75) is 26.7 Å². The van der Waals surface area contributed by atoms with Crippen LogP contribution in [0.3, 0.4) is 0 Å². The standard InChI is InChI=1S/C36H31ClN6O5/c1-4-48-36(46)33-32(27-10-5-6-11-28(27)37)31(35(45)41-24-8-7-9-26(18-24)42(47)20-44)21(2)39-34(33)23-12-14-25(15-13-23)43-22(3)40-29-19-38-17-16-30(29)43/h5-20,32,39,47H,4H2,1-3H3,(H,41,45). The first-order valence-corrected chi connectivity index (χ1v) is 15.5. The molecule has 6 rings (SSSR count). The Labute approximate surface area is 281 Å². The van der Waals surface area contributed by atoms with Gasteiger partial charge in [0.2, 0.25) is 6.41 Å². The number of nitrogens with one attached hydrogen (secondary N) is 2. The number of halogens is 1. The molecule has 3 aromatic carbocycles. The number of ether oxygens (including phenoxy) is 1. The number of imidazole rings is 1. The number of aromatic nitrogens is 3. The lowest BCUT2D eigenvalue weighted by atomic mass is 9.78. The third-order valence-corrected chi connectivity index (χ3v) is 8.37. The van der Waals surface area contributed by atoms with E-state index >= 15 is 0 Å². The number of benzene rings is 3. The Kier molecular flexibility index (Phi) is 9.06. The van der Waals surface area contributed by atoms with Gasteiger partial charge in [-0.15, -0.1) is 0 Å². The number of nitrogens with zero attached hydrogens (tertiary/aromatic N) is 4. The molecule has 1 atom stereocenters. The summed E-state index contributed by atoms with van der Waals surface area (Å²) in [6, 6.07) is 22.8. The minimum Gasteiger partial charge on any atom is -0.463 e. The summed E-state index contributed by atoms with van der Waals surface area (Å²) in [7, 11) is 0. The van der Waals surface area contributed by atoms with Gasteiger partial charge in [0.05, 0.1) is 41.2 Å². The lowest BCUT2D eigenvalue weighted by Gasteiger charge is -2.32. The smallest absolute Gasteiger partial charge is 0.337 e. The maximum absolute atomic E-state index is 14.1. The highest BCUT2D eigenvalue weighted by molar-refractivity contribution is 6.31. The van der Waals surface area contributed by atoms with Gasteiger partial charge in [-0.05, 0) is 74.4 Å². The van der Waals surface area contributed by atoms with Crippen LogP contribution in [-0.2, 0) is 19.1 Å². The molecule has 12 heteroatoms. The van der Waals surface area contributed by atoms with Crippen LogP contribution in [0, 0.1) is 6.92 Å². The highest BCUT2D eigenvalue weighted by Gasteiger charge is 2.39. The fourth-order valence-corrected chi connectivity index (χ4v) is 6.19. The Morgan fingerprint density at radius 1 is 1.06 bits per heavy atom. The third-order valence-electron chi connectivity index (χ3n) is 8.03. The second kappa shape index (κ2) is 13.5. The van der Waals surface area contributed by atoms with Crippen LogP contribution in [0.25, 0.3) is 22.4 Å². The van der Waals surface area contributed by atoms with Gasteiger partial charge in [-0.2, -0.15) is 5.06 Å². The van der Waals surface area contributed by atoms with E-state index in [1.54, 1.807) is 62.6 Å². The molecule has 3 N–H and O–H groups in total. The fraction of sp³-hybridized carbons (Fsp3) is 0.139. The Hall–Kier alpha value is -5.78. The van der Waals surface area contributed by atoms with Crippen LogP contribution in [0.1, 0.15) is 36.7 Å². The molecule has 2 amide bonds. The first-order valence-electron chi connectivity index (χ1n) is 15.1. The predicted octanol–water partition coefficient (Wildman–Crippen LogP) is 6.31. The molecule has 0 saturated carbocycles. The van der Waals surface area contributed by atoms with Gasteiger partial charge in [-0.3, -0.25) is 24.3 Å². The van der Waals surface area contributed by atoms with Gasteiger partial charge < -0.3 is 15.4 Å². The second-order valence-electron chi connectivity index (χ2n) is 11.0. The van der Waals surface area contributed by atoms with Crippen molar-refractivity contribution in [1.82, 2.24) is 19.9 Å². The molecular formula is C36H31ClN6O5. The quantitative estimate of drug-likeness (QED) is 0.0723. The topological polar surface area (TPSA) is 139 Å². The SMILES string of the molecule is CCOC(=O)C1=C(c2ccc(-n3c(C)nc4cnccc43)cc2)NC(C)=C(C(=O)Nc2cccc(N(O)C=O)c2)C1c1ccccc1Cl. The summed E-state index contributed by atoms with van der Waals surface area (Å²) in [5.74, 6) is -1.26. The molecule has 0 saturated heterocycles. The number of esters is 1. The summed E-state index contributed by atoms with van der Waals surface area (Å²) >= 11 is 6.76. The number of hydrogen-bond acceptors (Lipinski definition) is 8. The Morgan fingerprint density at radius 3 is 2.56 bits per heavy atom. The van der Waals surface area contributed by atoms with Gasteiger partial charge in [0.25, 0.3) is 5.91 Å². The summed E-state index contributed by atoms with van der Waals surface area (Å²) < 4.78 is 7.61. The van der Waals surface area contributed by atoms with Crippen molar-refractivity contribution in [1.29, 1.82) is 0 Å². The number of dihydropyridines is 1. The predicted molar refractivity (Wildman–Crippen MR) is 183 cm³/mol. The molecule has 1 aliphatic heterocycles. The lowest BCUT2D eigenvalue weighted by Crippen LogP contribution is -2.34. The van der Waals surface area contributed by atoms with E-state index in [-0.39, 0.29) is 29.9 Å². The van der Waals surface area contributed by atoms with E-state index in [1.165, 1.54) is 12.1 Å². The van der Waals surface area contributed by atoms with Crippen molar-refractivity contribution in [3.8, 4) is 5.69 Å². The van der Waals surface area contributed by atoms with Crippen LogP contribution in [0.5, 0.6) is 0 Å². The van der Waals surface area contributed by atoms with Crippen LogP contribution in [0.15, 0.2) is 108 Å². The number of rotatable bonds is 9. The van der Waals surface area contributed by atoms with Crippen molar-refractivity contribution in [3.63, 3.8) is 0 Å². The minimum atomic E-state index is -0.923. The maximum atomic E-state index is 14.1. The van der Waals surface area contributed by atoms with Gasteiger partial charge in [0.1, 0.15) is 11.3 Å². The van der Waals surface area contributed by atoms with Gasteiger partial charge >= 0.3 is 5.97 Å². The first-order chi connectivity index (χ1) is 23.2. The molecule has 1 unspecified atom stereocenters. The van der Waals surface area contributed by atoms with E-state index in [0.29, 0.717) is 38.3 Å². The Morgan fingerprint density at radius 2 is 1.83 bits per heavy atom.